The Balaban J connectivity index is 2.12. The summed E-state index contributed by atoms with van der Waals surface area (Å²) in [7, 11) is 1.26. The number of aromatic nitrogens is 1. The van der Waals surface area contributed by atoms with Gasteiger partial charge in [0.15, 0.2) is 0 Å². The molecule has 84 valence electrons. The topological polar surface area (TPSA) is 60.5 Å². The molecule has 1 aromatic rings. The van der Waals surface area contributed by atoms with E-state index in [1.165, 1.54) is 18.9 Å². The molecule has 0 amide bonds. The third kappa shape index (κ3) is 2.27. The molecule has 0 saturated carbocycles. The number of hydrogen-bond donors (Lipinski definition) is 1. The van der Waals surface area contributed by atoms with Gasteiger partial charge in [0.1, 0.15) is 5.82 Å². The molecular formula is C10H10N2O3S. The SMILES string of the molecule is COC(=O)OC1=CSc2cc(C)cnc2N1. The normalized spacial score (nSPS) is 13.2. The van der Waals surface area contributed by atoms with E-state index < -0.39 is 6.16 Å². The van der Waals surface area contributed by atoms with Crippen LogP contribution in [0.15, 0.2) is 28.4 Å². The molecule has 1 aliphatic heterocycles. The van der Waals surface area contributed by atoms with Gasteiger partial charge in [0, 0.05) is 11.6 Å². The third-order valence-electron chi connectivity index (χ3n) is 1.88. The molecule has 2 rings (SSSR count). The zero-order valence-electron chi connectivity index (χ0n) is 8.81. The Kier molecular flexibility index (Phi) is 3.00. The first-order chi connectivity index (χ1) is 7.69. The van der Waals surface area contributed by atoms with E-state index in [9.17, 15) is 4.79 Å². The average Bonchev–Trinajstić information content (AvgIpc) is 2.29. The molecule has 5 nitrogen and oxygen atoms in total. The van der Waals surface area contributed by atoms with Crippen molar-refractivity contribution in [1.29, 1.82) is 0 Å². The summed E-state index contributed by atoms with van der Waals surface area (Å²) in [6, 6.07) is 2.01. The van der Waals surface area contributed by atoms with Crippen LogP contribution in [0.2, 0.25) is 0 Å². The number of nitrogens with one attached hydrogen (secondary N) is 1. The van der Waals surface area contributed by atoms with Gasteiger partial charge in [-0.3, -0.25) is 0 Å². The number of anilines is 1. The zero-order valence-corrected chi connectivity index (χ0v) is 9.63. The van der Waals surface area contributed by atoms with Crippen LogP contribution in [0.3, 0.4) is 0 Å². The summed E-state index contributed by atoms with van der Waals surface area (Å²) in [5.41, 5.74) is 1.08. The van der Waals surface area contributed by atoms with Crippen LogP contribution in [0.25, 0.3) is 0 Å². The first-order valence-electron chi connectivity index (χ1n) is 4.55. The Morgan fingerprint density at radius 2 is 2.38 bits per heavy atom. The van der Waals surface area contributed by atoms with E-state index in [1.807, 2.05) is 13.0 Å². The van der Waals surface area contributed by atoms with E-state index in [0.29, 0.717) is 11.7 Å². The van der Waals surface area contributed by atoms with Crippen LogP contribution >= 0.6 is 11.8 Å². The number of hydrogen-bond acceptors (Lipinski definition) is 6. The summed E-state index contributed by atoms with van der Waals surface area (Å²) in [5, 5.41) is 4.59. The van der Waals surface area contributed by atoms with Crippen molar-refractivity contribution in [2.75, 3.05) is 12.4 Å². The minimum atomic E-state index is -0.755. The number of fused-ring (bicyclic) bond motifs is 1. The minimum absolute atomic E-state index is 0.320. The Bertz CT molecular complexity index is 459. The molecule has 0 saturated heterocycles. The lowest BCUT2D eigenvalue weighted by molar-refractivity contribution is 0.0984. The molecule has 1 aromatic heterocycles. The lowest BCUT2D eigenvalue weighted by Gasteiger charge is -2.16. The lowest BCUT2D eigenvalue weighted by Crippen LogP contribution is -2.13. The van der Waals surface area contributed by atoms with Crippen LogP contribution in [0.4, 0.5) is 10.6 Å². The fourth-order valence-corrected chi connectivity index (χ4v) is 1.98. The molecule has 0 atom stereocenters. The highest BCUT2D eigenvalue weighted by molar-refractivity contribution is 8.02. The molecule has 0 radical (unpaired) electrons. The summed E-state index contributed by atoms with van der Waals surface area (Å²) in [5.74, 6) is 0.998. The van der Waals surface area contributed by atoms with Gasteiger partial charge >= 0.3 is 6.16 Å². The van der Waals surface area contributed by atoms with E-state index in [4.69, 9.17) is 4.74 Å². The number of thioether (sulfide) groups is 1. The molecule has 0 unspecified atom stereocenters. The highest BCUT2D eigenvalue weighted by Crippen LogP contribution is 2.33. The predicted molar refractivity (Wildman–Crippen MR) is 60.0 cm³/mol. The Labute approximate surface area is 96.8 Å². The van der Waals surface area contributed by atoms with Gasteiger partial charge in [0.2, 0.25) is 5.88 Å². The molecule has 0 fully saturated rings. The number of carbonyl (C=O) groups excluding carboxylic acids is 1. The second kappa shape index (κ2) is 4.44. The number of nitrogens with zero attached hydrogens (tertiary/aromatic N) is 1. The molecule has 6 heteroatoms. The summed E-state index contributed by atoms with van der Waals surface area (Å²) >= 11 is 1.44. The summed E-state index contributed by atoms with van der Waals surface area (Å²) in [4.78, 5) is 16.1. The number of pyridine rings is 1. The third-order valence-corrected chi connectivity index (χ3v) is 2.78. The van der Waals surface area contributed by atoms with Crippen molar-refractivity contribution in [1.82, 2.24) is 4.98 Å². The highest BCUT2D eigenvalue weighted by Gasteiger charge is 2.15. The maximum absolute atomic E-state index is 10.9. The van der Waals surface area contributed by atoms with Gasteiger partial charge in [-0.2, -0.15) is 0 Å². The molecule has 0 bridgehead atoms. The maximum atomic E-state index is 10.9. The summed E-state index contributed by atoms with van der Waals surface area (Å²) < 4.78 is 9.24. The van der Waals surface area contributed by atoms with Crippen LogP contribution in [0, 0.1) is 6.92 Å². The van der Waals surface area contributed by atoms with Crippen LogP contribution in [-0.4, -0.2) is 18.2 Å². The highest BCUT2D eigenvalue weighted by atomic mass is 32.2. The number of aryl methyl sites for hydroxylation is 1. The number of rotatable bonds is 1. The molecule has 16 heavy (non-hydrogen) atoms. The van der Waals surface area contributed by atoms with E-state index >= 15 is 0 Å². The zero-order chi connectivity index (χ0) is 11.5. The minimum Gasteiger partial charge on any atom is -0.437 e. The quantitative estimate of drug-likeness (QED) is 0.758. The smallest absolute Gasteiger partial charge is 0.437 e. The van der Waals surface area contributed by atoms with E-state index in [2.05, 4.69) is 15.0 Å². The van der Waals surface area contributed by atoms with Crippen LogP contribution in [0.5, 0.6) is 0 Å². The van der Waals surface area contributed by atoms with Gasteiger partial charge in [-0.15, -0.1) is 0 Å². The number of ether oxygens (including phenoxy) is 2. The van der Waals surface area contributed by atoms with E-state index in [0.717, 1.165) is 10.5 Å². The summed E-state index contributed by atoms with van der Waals surface area (Å²) in [6.45, 7) is 1.97. The molecule has 1 aliphatic rings. The van der Waals surface area contributed by atoms with Crippen LogP contribution < -0.4 is 5.32 Å². The molecule has 0 aromatic carbocycles. The van der Waals surface area contributed by atoms with E-state index in [1.54, 1.807) is 11.6 Å². The van der Waals surface area contributed by atoms with Gasteiger partial charge in [0.05, 0.1) is 12.0 Å². The van der Waals surface area contributed by atoms with Crippen molar-refractivity contribution in [2.45, 2.75) is 11.8 Å². The molecule has 2 heterocycles. The fourth-order valence-electron chi connectivity index (χ4n) is 1.17. The Morgan fingerprint density at radius 3 is 3.12 bits per heavy atom. The van der Waals surface area contributed by atoms with Crippen molar-refractivity contribution in [3.05, 3.63) is 29.1 Å². The van der Waals surface area contributed by atoms with Gasteiger partial charge in [0.25, 0.3) is 0 Å². The average molecular weight is 238 g/mol. The van der Waals surface area contributed by atoms with Gasteiger partial charge in [-0.05, 0) is 18.6 Å². The predicted octanol–water partition coefficient (Wildman–Crippen LogP) is 2.49. The second-order valence-electron chi connectivity index (χ2n) is 3.14. The largest absolute Gasteiger partial charge is 0.514 e. The van der Waals surface area contributed by atoms with Gasteiger partial charge in [-0.1, -0.05) is 11.8 Å². The van der Waals surface area contributed by atoms with Gasteiger partial charge in [-0.25, -0.2) is 9.78 Å². The Morgan fingerprint density at radius 1 is 1.56 bits per heavy atom. The standard InChI is InChI=1S/C10H10N2O3S/c1-6-3-7-9(11-4-6)12-8(5-16-7)15-10(13)14-2/h3-5H,1-2H3,(H,11,12). The first kappa shape index (κ1) is 10.8. The molecule has 0 aliphatic carbocycles. The van der Waals surface area contributed by atoms with Gasteiger partial charge < -0.3 is 14.8 Å². The van der Waals surface area contributed by atoms with Crippen molar-refractivity contribution in [3.8, 4) is 0 Å². The monoisotopic (exact) mass is 238 g/mol. The van der Waals surface area contributed by atoms with Crippen LogP contribution in [-0.2, 0) is 9.47 Å². The van der Waals surface area contributed by atoms with E-state index in [-0.39, 0.29) is 0 Å². The first-order valence-corrected chi connectivity index (χ1v) is 5.43. The maximum Gasteiger partial charge on any atom is 0.514 e. The Hall–Kier alpha value is -1.69. The van der Waals surface area contributed by atoms with Crippen molar-refractivity contribution < 1.29 is 14.3 Å². The lowest BCUT2D eigenvalue weighted by atomic mass is 10.3. The number of methoxy groups -OCH3 is 1. The van der Waals surface area contributed by atoms with Crippen molar-refractivity contribution in [2.24, 2.45) is 0 Å². The van der Waals surface area contributed by atoms with Crippen molar-refractivity contribution >= 4 is 23.7 Å². The van der Waals surface area contributed by atoms with Crippen LogP contribution in [0.1, 0.15) is 5.56 Å². The molecule has 1 N–H and O–H groups in total. The fraction of sp³-hybridized carbons (Fsp3) is 0.200. The summed E-state index contributed by atoms with van der Waals surface area (Å²) in [6.07, 6.45) is 0.989. The molecule has 0 spiro atoms. The molecular weight excluding hydrogens is 228 g/mol. The van der Waals surface area contributed by atoms with Crippen molar-refractivity contribution in [3.63, 3.8) is 0 Å². The second-order valence-corrected chi connectivity index (χ2v) is 4.05. The number of carbonyl (C=O) groups is 1.